The standard InChI is InChI=1S/C16H13NO/c17-12-14-6-4-5-13(11-14)9-10-16(18)15-7-2-1-3-8-15/h1-8,11H,9-10H2. The summed E-state index contributed by atoms with van der Waals surface area (Å²) in [4.78, 5) is 11.9. The zero-order valence-corrected chi connectivity index (χ0v) is 9.97. The molecule has 2 nitrogen and oxygen atoms in total. The minimum atomic E-state index is 0.137. The van der Waals surface area contributed by atoms with Crippen molar-refractivity contribution in [2.45, 2.75) is 12.8 Å². The molecular formula is C16H13NO. The van der Waals surface area contributed by atoms with Gasteiger partial charge in [-0.25, -0.2) is 0 Å². The Morgan fingerprint density at radius 3 is 2.56 bits per heavy atom. The second-order valence-corrected chi connectivity index (χ2v) is 4.10. The van der Waals surface area contributed by atoms with Crippen molar-refractivity contribution < 1.29 is 4.79 Å². The summed E-state index contributed by atoms with van der Waals surface area (Å²) in [5, 5.41) is 8.80. The van der Waals surface area contributed by atoms with Crippen molar-refractivity contribution >= 4 is 5.78 Å². The van der Waals surface area contributed by atoms with Crippen LogP contribution in [0.3, 0.4) is 0 Å². The zero-order chi connectivity index (χ0) is 12.8. The van der Waals surface area contributed by atoms with Gasteiger partial charge in [0.1, 0.15) is 0 Å². The summed E-state index contributed by atoms with van der Waals surface area (Å²) in [5.41, 5.74) is 2.41. The maximum atomic E-state index is 11.9. The lowest BCUT2D eigenvalue weighted by molar-refractivity contribution is 0.0983. The Labute approximate surface area is 107 Å². The summed E-state index contributed by atoms with van der Waals surface area (Å²) >= 11 is 0. The molecule has 2 heteroatoms. The summed E-state index contributed by atoms with van der Waals surface area (Å²) in [5.74, 6) is 0.137. The fraction of sp³-hybridized carbons (Fsp3) is 0.125. The first-order chi connectivity index (χ1) is 8.79. The van der Waals surface area contributed by atoms with Crippen LogP contribution in [-0.4, -0.2) is 5.78 Å². The van der Waals surface area contributed by atoms with Crippen LogP contribution in [0.2, 0.25) is 0 Å². The topological polar surface area (TPSA) is 40.9 Å². The molecule has 0 amide bonds. The first kappa shape index (κ1) is 12.1. The van der Waals surface area contributed by atoms with Gasteiger partial charge in [0.2, 0.25) is 0 Å². The van der Waals surface area contributed by atoms with Gasteiger partial charge in [-0.05, 0) is 24.1 Å². The fourth-order valence-electron chi connectivity index (χ4n) is 1.82. The highest BCUT2D eigenvalue weighted by molar-refractivity contribution is 5.96. The normalized spacial score (nSPS) is 9.72. The summed E-state index contributed by atoms with van der Waals surface area (Å²) < 4.78 is 0. The van der Waals surface area contributed by atoms with Crippen LogP contribution in [0.15, 0.2) is 54.6 Å². The Kier molecular flexibility index (Phi) is 3.88. The molecule has 0 atom stereocenters. The predicted molar refractivity (Wildman–Crippen MR) is 70.3 cm³/mol. The Balaban J connectivity index is 2.00. The van der Waals surface area contributed by atoms with Gasteiger partial charge in [-0.2, -0.15) is 5.26 Å². The molecule has 2 rings (SSSR count). The van der Waals surface area contributed by atoms with Crippen molar-refractivity contribution in [3.8, 4) is 6.07 Å². The van der Waals surface area contributed by atoms with E-state index in [2.05, 4.69) is 6.07 Å². The van der Waals surface area contributed by atoms with E-state index >= 15 is 0 Å². The molecule has 88 valence electrons. The Bertz CT molecular complexity index is 582. The second-order valence-electron chi connectivity index (χ2n) is 4.10. The second kappa shape index (κ2) is 5.79. The van der Waals surface area contributed by atoms with Gasteiger partial charge in [-0.15, -0.1) is 0 Å². The lowest BCUT2D eigenvalue weighted by atomic mass is 10.0. The predicted octanol–water partition coefficient (Wildman–Crippen LogP) is 3.37. The van der Waals surface area contributed by atoms with Gasteiger partial charge in [0.25, 0.3) is 0 Å². The van der Waals surface area contributed by atoms with E-state index in [1.165, 1.54) is 0 Å². The van der Waals surface area contributed by atoms with Crippen LogP contribution in [0.4, 0.5) is 0 Å². The minimum absolute atomic E-state index is 0.137. The molecule has 0 aromatic heterocycles. The highest BCUT2D eigenvalue weighted by Crippen LogP contribution is 2.10. The molecule has 0 heterocycles. The number of carbonyl (C=O) groups is 1. The van der Waals surface area contributed by atoms with Crippen LogP contribution < -0.4 is 0 Å². The van der Waals surface area contributed by atoms with Crippen LogP contribution in [0.1, 0.15) is 27.9 Å². The van der Waals surface area contributed by atoms with Crippen molar-refractivity contribution in [1.29, 1.82) is 5.26 Å². The lowest BCUT2D eigenvalue weighted by Gasteiger charge is -2.02. The Morgan fingerprint density at radius 1 is 1.06 bits per heavy atom. The number of rotatable bonds is 4. The van der Waals surface area contributed by atoms with E-state index in [4.69, 9.17) is 5.26 Å². The molecule has 0 bridgehead atoms. The number of benzene rings is 2. The van der Waals surface area contributed by atoms with Gasteiger partial charge >= 0.3 is 0 Å². The maximum Gasteiger partial charge on any atom is 0.163 e. The van der Waals surface area contributed by atoms with E-state index in [0.29, 0.717) is 18.4 Å². The molecule has 0 aliphatic heterocycles. The van der Waals surface area contributed by atoms with Crippen LogP contribution in [0.25, 0.3) is 0 Å². The van der Waals surface area contributed by atoms with Gasteiger partial charge < -0.3 is 0 Å². The molecule has 18 heavy (non-hydrogen) atoms. The number of hydrogen-bond donors (Lipinski definition) is 0. The zero-order valence-electron chi connectivity index (χ0n) is 9.97. The lowest BCUT2D eigenvalue weighted by Crippen LogP contribution is -2.00. The van der Waals surface area contributed by atoms with E-state index in [0.717, 1.165) is 11.1 Å². The van der Waals surface area contributed by atoms with E-state index in [1.54, 1.807) is 6.07 Å². The third kappa shape index (κ3) is 3.05. The quantitative estimate of drug-likeness (QED) is 0.762. The van der Waals surface area contributed by atoms with Gasteiger partial charge in [0.05, 0.1) is 11.6 Å². The number of carbonyl (C=O) groups excluding carboxylic acids is 1. The van der Waals surface area contributed by atoms with Crippen LogP contribution in [-0.2, 0) is 6.42 Å². The summed E-state index contributed by atoms with van der Waals surface area (Å²) in [6, 6.07) is 18.8. The average molecular weight is 235 g/mol. The van der Waals surface area contributed by atoms with Crippen molar-refractivity contribution in [2.75, 3.05) is 0 Å². The Hall–Kier alpha value is -2.40. The molecule has 0 N–H and O–H groups in total. The highest BCUT2D eigenvalue weighted by Gasteiger charge is 2.05. The Morgan fingerprint density at radius 2 is 1.83 bits per heavy atom. The molecule has 2 aromatic rings. The number of nitrogens with zero attached hydrogens (tertiary/aromatic N) is 1. The first-order valence-corrected chi connectivity index (χ1v) is 5.87. The molecule has 0 radical (unpaired) electrons. The minimum Gasteiger partial charge on any atom is -0.294 e. The van der Waals surface area contributed by atoms with Crippen molar-refractivity contribution in [2.24, 2.45) is 0 Å². The summed E-state index contributed by atoms with van der Waals surface area (Å²) in [6.45, 7) is 0. The molecule has 0 spiro atoms. The van der Waals surface area contributed by atoms with Gasteiger partial charge in [-0.1, -0.05) is 42.5 Å². The van der Waals surface area contributed by atoms with Crippen molar-refractivity contribution in [3.63, 3.8) is 0 Å². The largest absolute Gasteiger partial charge is 0.294 e. The van der Waals surface area contributed by atoms with E-state index in [9.17, 15) is 4.79 Å². The summed E-state index contributed by atoms with van der Waals surface area (Å²) in [6.07, 6.45) is 1.14. The third-order valence-corrected chi connectivity index (χ3v) is 2.79. The van der Waals surface area contributed by atoms with Crippen LogP contribution in [0, 0.1) is 11.3 Å². The molecule has 0 saturated heterocycles. The molecule has 0 aliphatic carbocycles. The number of nitriles is 1. The van der Waals surface area contributed by atoms with Gasteiger partial charge in [0.15, 0.2) is 5.78 Å². The monoisotopic (exact) mass is 235 g/mol. The fourth-order valence-corrected chi connectivity index (χ4v) is 1.82. The van der Waals surface area contributed by atoms with Crippen LogP contribution in [0.5, 0.6) is 0 Å². The molecule has 0 unspecified atom stereocenters. The smallest absolute Gasteiger partial charge is 0.163 e. The number of Topliss-reactive ketones (excluding diaryl/α,β-unsaturated/α-hetero) is 1. The molecule has 0 fully saturated rings. The van der Waals surface area contributed by atoms with Gasteiger partial charge in [0, 0.05) is 12.0 Å². The number of aryl methyl sites for hydroxylation is 1. The van der Waals surface area contributed by atoms with E-state index in [1.807, 2.05) is 48.5 Å². The van der Waals surface area contributed by atoms with Crippen molar-refractivity contribution in [3.05, 3.63) is 71.3 Å². The molecule has 0 aliphatic rings. The third-order valence-electron chi connectivity index (χ3n) is 2.79. The molecular weight excluding hydrogens is 222 g/mol. The first-order valence-electron chi connectivity index (χ1n) is 5.87. The van der Waals surface area contributed by atoms with Crippen molar-refractivity contribution in [1.82, 2.24) is 0 Å². The van der Waals surface area contributed by atoms with E-state index < -0.39 is 0 Å². The maximum absolute atomic E-state index is 11.9. The highest BCUT2D eigenvalue weighted by atomic mass is 16.1. The number of ketones is 1. The molecule has 2 aromatic carbocycles. The SMILES string of the molecule is N#Cc1cccc(CCC(=O)c2ccccc2)c1. The van der Waals surface area contributed by atoms with Crippen LogP contribution >= 0.6 is 0 Å². The average Bonchev–Trinajstić information content (AvgIpc) is 2.46. The summed E-state index contributed by atoms with van der Waals surface area (Å²) in [7, 11) is 0. The molecule has 0 saturated carbocycles. The van der Waals surface area contributed by atoms with E-state index in [-0.39, 0.29) is 5.78 Å². The van der Waals surface area contributed by atoms with Gasteiger partial charge in [-0.3, -0.25) is 4.79 Å². The number of hydrogen-bond acceptors (Lipinski definition) is 2.